The lowest BCUT2D eigenvalue weighted by Crippen LogP contribution is -2.48. The predicted octanol–water partition coefficient (Wildman–Crippen LogP) is 0.679. The largest absolute Gasteiger partial charge is 0.481 e. The first kappa shape index (κ1) is 12.9. The van der Waals surface area contributed by atoms with Gasteiger partial charge in [0, 0.05) is 5.41 Å². The van der Waals surface area contributed by atoms with E-state index in [4.69, 9.17) is 15.9 Å². The average molecular weight is 203 g/mol. The standard InChI is InChI=1S/C9H17NO4/c1-3-9(4-2,5-6(11)12)7(10)8(13)14/h7H,3-5,10H2,1-2H3,(H,11,12)(H,13,14)/t7-/m1/s1. The van der Waals surface area contributed by atoms with Crippen LogP contribution in [0.25, 0.3) is 0 Å². The van der Waals surface area contributed by atoms with E-state index in [1.165, 1.54) is 0 Å². The van der Waals surface area contributed by atoms with E-state index in [1.54, 1.807) is 13.8 Å². The smallest absolute Gasteiger partial charge is 0.321 e. The van der Waals surface area contributed by atoms with Gasteiger partial charge in [-0.25, -0.2) is 0 Å². The molecule has 0 saturated heterocycles. The number of carbonyl (C=O) groups is 2. The Bertz CT molecular complexity index is 223. The fourth-order valence-corrected chi connectivity index (χ4v) is 1.61. The van der Waals surface area contributed by atoms with Gasteiger partial charge in [-0.2, -0.15) is 0 Å². The molecule has 0 spiro atoms. The Balaban J connectivity index is 4.85. The van der Waals surface area contributed by atoms with Crippen LogP contribution in [0, 0.1) is 5.41 Å². The summed E-state index contributed by atoms with van der Waals surface area (Å²) in [7, 11) is 0. The van der Waals surface area contributed by atoms with Crippen LogP contribution in [0.4, 0.5) is 0 Å². The van der Waals surface area contributed by atoms with E-state index in [9.17, 15) is 9.59 Å². The van der Waals surface area contributed by atoms with Gasteiger partial charge in [-0.3, -0.25) is 9.59 Å². The number of rotatable bonds is 6. The molecule has 4 N–H and O–H groups in total. The molecule has 0 heterocycles. The summed E-state index contributed by atoms with van der Waals surface area (Å²) in [5.41, 5.74) is 4.67. The summed E-state index contributed by atoms with van der Waals surface area (Å²) in [6.07, 6.45) is 0.694. The minimum absolute atomic E-state index is 0.201. The third kappa shape index (κ3) is 2.70. The highest BCUT2D eigenvalue weighted by atomic mass is 16.4. The molecule has 0 aliphatic rings. The van der Waals surface area contributed by atoms with Crippen molar-refractivity contribution in [2.45, 2.75) is 39.2 Å². The van der Waals surface area contributed by atoms with Crippen molar-refractivity contribution in [2.75, 3.05) is 0 Å². The van der Waals surface area contributed by atoms with Gasteiger partial charge in [0.2, 0.25) is 0 Å². The Hall–Kier alpha value is -1.10. The Morgan fingerprint density at radius 3 is 1.93 bits per heavy atom. The predicted molar refractivity (Wildman–Crippen MR) is 50.9 cm³/mol. The summed E-state index contributed by atoms with van der Waals surface area (Å²) in [4.78, 5) is 21.3. The SMILES string of the molecule is CCC(CC)(CC(=O)O)[C@H](N)C(=O)O. The molecular weight excluding hydrogens is 186 g/mol. The van der Waals surface area contributed by atoms with Crippen molar-refractivity contribution in [1.82, 2.24) is 0 Å². The molecule has 5 nitrogen and oxygen atoms in total. The molecule has 0 rings (SSSR count). The van der Waals surface area contributed by atoms with Crippen LogP contribution in [0.3, 0.4) is 0 Å². The Morgan fingerprint density at radius 1 is 1.29 bits per heavy atom. The molecule has 0 saturated carbocycles. The molecule has 82 valence electrons. The molecule has 14 heavy (non-hydrogen) atoms. The van der Waals surface area contributed by atoms with Gasteiger partial charge >= 0.3 is 11.9 Å². The maximum absolute atomic E-state index is 10.7. The van der Waals surface area contributed by atoms with E-state index in [0.29, 0.717) is 12.8 Å². The van der Waals surface area contributed by atoms with Crippen molar-refractivity contribution in [3.63, 3.8) is 0 Å². The van der Waals surface area contributed by atoms with Crippen LogP contribution in [0.15, 0.2) is 0 Å². The number of carboxylic acids is 2. The van der Waals surface area contributed by atoms with E-state index in [-0.39, 0.29) is 6.42 Å². The van der Waals surface area contributed by atoms with Gasteiger partial charge in [0.25, 0.3) is 0 Å². The fraction of sp³-hybridized carbons (Fsp3) is 0.778. The zero-order valence-electron chi connectivity index (χ0n) is 8.49. The maximum atomic E-state index is 10.7. The lowest BCUT2D eigenvalue weighted by atomic mass is 9.73. The Labute approximate surface area is 82.9 Å². The van der Waals surface area contributed by atoms with Gasteiger partial charge in [0.15, 0.2) is 0 Å². The number of nitrogens with two attached hydrogens (primary N) is 1. The van der Waals surface area contributed by atoms with Gasteiger partial charge in [-0.15, -0.1) is 0 Å². The Kier molecular flexibility index (Phi) is 4.56. The van der Waals surface area contributed by atoms with E-state index in [1.807, 2.05) is 0 Å². The molecule has 5 heteroatoms. The highest BCUT2D eigenvalue weighted by Crippen LogP contribution is 2.33. The lowest BCUT2D eigenvalue weighted by Gasteiger charge is -2.33. The van der Waals surface area contributed by atoms with Crippen LogP contribution in [0.1, 0.15) is 33.1 Å². The van der Waals surface area contributed by atoms with Crippen molar-refractivity contribution in [3.8, 4) is 0 Å². The number of aliphatic carboxylic acids is 2. The molecular formula is C9H17NO4. The number of hydrogen-bond donors (Lipinski definition) is 3. The van der Waals surface area contributed by atoms with Crippen LogP contribution < -0.4 is 5.73 Å². The highest BCUT2D eigenvalue weighted by Gasteiger charge is 2.39. The summed E-state index contributed by atoms with van der Waals surface area (Å²) < 4.78 is 0. The Morgan fingerprint density at radius 2 is 1.71 bits per heavy atom. The second kappa shape index (κ2) is 4.95. The van der Waals surface area contributed by atoms with Gasteiger partial charge < -0.3 is 15.9 Å². The summed E-state index contributed by atoms with van der Waals surface area (Å²) >= 11 is 0. The molecule has 1 atom stereocenters. The first-order valence-corrected chi connectivity index (χ1v) is 4.59. The molecule has 0 amide bonds. The molecule has 0 bridgehead atoms. The fourth-order valence-electron chi connectivity index (χ4n) is 1.61. The van der Waals surface area contributed by atoms with E-state index < -0.39 is 23.4 Å². The van der Waals surface area contributed by atoms with E-state index >= 15 is 0 Å². The zero-order valence-corrected chi connectivity index (χ0v) is 8.49. The zero-order chi connectivity index (χ0) is 11.4. The van der Waals surface area contributed by atoms with Gasteiger partial charge in [0.1, 0.15) is 6.04 Å². The molecule has 0 aliphatic heterocycles. The molecule has 0 radical (unpaired) electrons. The van der Waals surface area contributed by atoms with Crippen LogP contribution in [0.2, 0.25) is 0 Å². The van der Waals surface area contributed by atoms with E-state index in [2.05, 4.69) is 0 Å². The summed E-state index contributed by atoms with van der Waals surface area (Å²) in [6.45, 7) is 3.52. The van der Waals surface area contributed by atoms with Crippen molar-refractivity contribution in [3.05, 3.63) is 0 Å². The third-order valence-corrected chi connectivity index (χ3v) is 2.84. The number of hydrogen-bond acceptors (Lipinski definition) is 3. The van der Waals surface area contributed by atoms with Crippen molar-refractivity contribution in [2.24, 2.45) is 11.1 Å². The lowest BCUT2D eigenvalue weighted by molar-refractivity contribution is -0.146. The second-order valence-corrected chi connectivity index (χ2v) is 3.46. The van der Waals surface area contributed by atoms with Crippen molar-refractivity contribution < 1.29 is 19.8 Å². The van der Waals surface area contributed by atoms with Gasteiger partial charge in [-0.1, -0.05) is 13.8 Å². The van der Waals surface area contributed by atoms with Crippen LogP contribution in [-0.2, 0) is 9.59 Å². The first-order chi connectivity index (χ1) is 6.39. The van der Waals surface area contributed by atoms with Crippen molar-refractivity contribution in [1.29, 1.82) is 0 Å². The minimum Gasteiger partial charge on any atom is -0.481 e. The molecule has 0 aliphatic carbocycles. The topological polar surface area (TPSA) is 101 Å². The monoisotopic (exact) mass is 203 g/mol. The van der Waals surface area contributed by atoms with Gasteiger partial charge in [-0.05, 0) is 12.8 Å². The van der Waals surface area contributed by atoms with Crippen molar-refractivity contribution >= 4 is 11.9 Å². The summed E-state index contributed by atoms with van der Waals surface area (Å²) in [5, 5.41) is 17.5. The molecule has 0 unspecified atom stereocenters. The normalized spacial score (nSPS) is 13.6. The summed E-state index contributed by atoms with van der Waals surface area (Å²) in [5.74, 6) is -2.15. The third-order valence-electron chi connectivity index (χ3n) is 2.84. The summed E-state index contributed by atoms with van der Waals surface area (Å²) in [6, 6.07) is -1.12. The second-order valence-electron chi connectivity index (χ2n) is 3.46. The van der Waals surface area contributed by atoms with Crippen LogP contribution >= 0.6 is 0 Å². The molecule has 0 aromatic heterocycles. The van der Waals surface area contributed by atoms with Crippen LogP contribution in [-0.4, -0.2) is 28.2 Å². The maximum Gasteiger partial charge on any atom is 0.321 e. The quantitative estimate of drug-likeness (QED) is 0.589. The number of carboxylic acid groups (broad SMARTS) is 2. The van der Waals surface area contributed by atoms with E-state index in [0.717, 1.165) is 0 Å². The minimum atomic E-state index is -1.14. The van der Waals surface area contributed by atoms with Crippen LogP contribution in [0.5, 0.6) is 0 Å². The molecule has 0 aromatic carbocycles. The molecule has 0 fully saturated rings. The van der Waals surface area contributed by atoms with Gasteiger partial charge in [0.05, 0.1) is 6.42 Å². The average Bonchev–Trinajstić information content (AvgIpc) is 2.12. The first-order valence-electron chi connectivity index (χ1n) is 4.59. The highest BCUT2D eigenvalue weighted by molar-refractivity contribution is 5.76. The molecule has 0 aromatic rings.